The summed E-state index contributed by atoms with van der Waals surface area (Å²) in [6.45, 7) is 2.18. The molecule has 0 spiro atoms. The first kappa shape index (κ1) is 11.2. The highest BCUT2D eigenvalue weighted by atomic mass is 16.2. The highest BCUT2D eigenvalue weighted by Gasteiger charge is 2.55. The van der Waals surface area contributed by atoms with Crippen LogP contribution in [0.5, 0.6) is 0 Å². The highest BCUT2D eigenvalue weighted by Crippen LogP contribution is 2.56. The Bertz CT molecular complexity index is 355. The van der Waals surface area contributed by atoms with Gasteiger partial charge in [-0.2, -0.15) is 0 Å². The van der Waals surface area contributed by atoms with Crippen molar-refractivity contribution in [1.82, 2.24) is 5.32 Å². The molecule has 17 heavy (non-hydrogen) atoms. The molecule has 94 valence electrons. The Hall–Kier alpha value is -0.860. The molecule has 3 nitrogen and oxygen atoms in total. The van der Waals surface area contributed by atoms with Crippen molar-refractivity contribution >= 4 is 11.8 Å². The van der Waals surface area contributed by atoms with Crippen LogP contribution in [0.25, 0.3) is 0 Å². The Morgan fingerprint density at radius 2 is 1.76 bits per heavy atom. The van der Waals surface area contributed by atoms with E-state index in [4.69, 9.17) is 0 Å². The molecular formula is C14H21NO2. The summed E-state index contributed by atoms with van der Waals surface area (Å²) in [7, 11) is 0. The molecule has 0 aromatic heterocycles. The van der Waals surface area contributed by atoms with Gasteiger partial charge < -0.3 is 0 Å². The smallest absolute Gasteiger partial charge is 0.230 e. The number of nitrogens with one attached hydrogen (secondary N) is 1. The van der Waals surface area contributed by atoms with Gasteiger partial charge >= 0.3 is 0 Å². The zero-order valence-electron chi connectivity index (χ0n) is 10.5. The van der Waals surface area contributed by atoms with Gasteiger partial charge in [-0.15, -0.1) is 0 Å². The number of piperidine rings is 1. The maximum atomic E-state index is 12.2. The van der Waals surface area contributed by atoms with Crippen LogP contribution in [0.2, 0.25) is 0 Å². The van der Waals surface area contributed by atoms with Crippen LogP contribution < -0.4 is 5.32 Å². The fraction of sp³-hybridized carbons (Fsp3) is 0.857. The van der Waals surface area contributed by atoms with Gasteiger partial charge in [-0.1, -0.05) is 19.8 Å². The summed E-state index contributed by atoms with van der Waals surface area (Å²) in [6.07, 6.45) is 7.83. The Kier molecular flexibility index (Phi) is 2.53. The summed E-state index contributed by atoms with van der Waals surface area (Å²) < 4.78 is 0. The van der Waals surface area contributed by atoms with E-state index in [-0.39, 0.29) is 23.1 Å². The van der Waals surface area contributed by atoms with E-state index in [0.29, 0.717) is 18.3 Å². The van der Waals surface area contributed by atoms with Gasteiger partial charge in [0.25, 0.3) is 0 Å². The number of carbonyl (C=O) groups is 2. The van der Waals surface area contributed by atoms with E-state index in [9.17, 15) is 9.59 Å². The van der Waals surface area contributed by atoms with E-state index in [2.05, 4.69) is 12.2 Å². The van der Waals surface area contributed by atoms with Gasteiger partial charge in [0.05, 0.1) is 0 Å². The van der Waals surface area contributed by atoms with E-state index in [1.54, 1.807) is 0 Å². The van der Waals surface area contributed by atoms with E-state index in [1.165, 1.54) is 38.5 Å². The summed E-state index contributed by atoms with van der Waals surface area (Å²) in [5, 5.41) is 2.57. The number of hydrogen-bond acceptors (Lipinski definition) is 2. The van der Waals surface area contributed by atoms with Gasteiger partial charge in [0.1, 0.15) is 0 Å². The van der Waals surface area contributed by atoms with Crippen molar-refractivity contribution in [2.75, 3.05) is 0 Å². The molecule has 2 amide bonds. The molecule has 1 aliphatic heterocycles. The highest BCUT2D eigenvalue weighted by molar-refractivity contribution is 6.00. The summed E-state index contributed by atoms with van der Waals surface area (Å²) >= 11 is 0. The van der Waals surface area contributed by atoms with Crippen LogP contribution in [0, 0.1) is 23.2 Å². The monoisotopic (exact) mass is 235 g/mol. The maximum absolute atomic E-state index is 12.2. The van der Waals surface area contributed by atoms with Crippen molar-refractivity contribution in [2.45, 2.75) is 51.9 Å². The molecular weight excluding hydrogens is 214 g/mol. The third-order valence-electron chi connectivity index (χ3n) is 5.18. The number of hydrogen-bond donors (Lipinski definition) is 1. The van der Waals surface area contributed by atoms with Crippen molar-refractivity contribution in [1.29, 1.82) is 0 Å². The van der Waals surface area contributed by atoms with Gasteiger partial charge in [-0.05, 0) is 42.9 Å². The molecule has 1 N–H and O–H groups in total. The molecule has 0 aromatic carbocycles. The molecule has 0 radical (unpaired) electrons. The first-order valence-corrected chi connectivity index (χ1v) is 6.95. The zero-order valence-corrected chi connectivity index (χ0v) is 10.5. The molecule has 0 bridgehead atoms. The van der Waals surface area contributed by atoms with Gasteiger partial charge in [0.15, 0.2) is 0 Å². The standard InChI is InChI=1S/C14H21NO2/c1-14(10-6-7-10)8-11(16)15-13(17)12(14)9-4-2-3-5-9/h9-10,12H,2-8H2,1H3,(H,15,16,17). The fourth-order valence-corrected chi connectivity index (χ4v) is 4.20. The molecule has 3 heteroatoms. The summed E-state index contributed by atoms with van der Waals surface area (Å²) in [5.41, 5.74) is -0.0472. The molecule has 0 aromatic rings. The molecule has 2 aliphatic carbocycles. The van der Waals surface area contributed by atoms with Crippen molar-refractivity contribution < 1.29 is 9.59 Å². The second-order valence-corrected chi connectivity index (χ2v) is 6.39. The Morgan fingerprint density at radius 3 is 2.35 bits per heavy atom. The van der Waals surface area contributed by atoms with E-state index < -0.39 is 0 Å². The van der Waals surface area contributed by atoms with Crippen LogP contribution in [0.3, 0.4) is 0 Å². The van der Waals surface area contributed by atoms with Gasteiger partial charge in [-0.25, -0.2) is 0 Å². The van der Waals surface area contributed by atoms with E-state index in [1.807, 2.05) is 0 Å². The molecule has 3 rings (SSSR count). The van der Waals surface area contributed by atoms with Crippen LogP contribution in [0.1, 0.15) is 51.9 Å². The van der Waals surface area contributed by atoms with Crippen LogP contribution in [0.4, 0.5) is 0 Å². The van der Waals surface area contributed by atoms with Crippen molar-refractivity contribution in [3.05, 3.63) is 0 Å². The molecule has 3 fully saturated rings. The minimum atomic E-state index is -0.0568. The number of carbonyl (C=O) groups excluding carboxylic acids is 2. The molecule has 2 atom stereocenters. The van der Waals surface area contributed by atoms with Crippen LogP contribution in [0.15, 0.2) is 0 Å². The molecule has 2 saturated carbocycles. The van der Waals surface area contributed by atoms with Crippen LogP contribution in [-0.2, 0) is 9.59 Å². The minimum Gasteiger partial charge on any atom is -0.296 e. The normalized spacial score (nSPS) is 39.5. The quantitative estimate of drug-likeness (QED) is 0.746. The Morgan fingerprint density at radius 1 is 1.12 bits per heavy atom. The lowest BCUT2D eigenvalue weighted by atomic mass is 9.63. The largest absolute Gasteiger partial charge is 0.296 e. The first-order valence-electron chi connectivity index (χ1n) is 6.95. The minimum absolute atomic E-state index is 0.0163. The number of amides is 2. The van der Waals surface area contributed by atoms with Gasteiger partial charge in [0, 0.05) is 12.3 Å². The topological polar surface area (TPSA) is 46.2 Å². The molecule has 3 aliphatic rings. The average Bonchev–Trinajstić information content (AvgIpc) is 2.98. The summed E-state index contributed by atoms with van der Waals surface area (Å²) in [6, 6.07) is 0. The van der Waals surface area contributed by atoms with Crippen molar-refractivity contribution in [3.8, 4) is 0 Å². The molecule has 2 unspecified atom stereocenters. The van der Waals surface area contributed by atoms with E-state index in [0.717, 1.165) is 0 Å². The number of rotatable bonds is 2. The zero-order chi connectivity index (χ0) is 12.0. The molecule has 1 saturated heterocycles. The number of imide groups is 1. The predicted octanol–water partition coefficient (Wildman–Crippen LogP) is 2.26. The third kappa shape index (κ3) is 1.80. The Labute approximate surface area is 102 Å². The lowest BCUT2D eigenvalue weighted by Gasteiger charge is -2.43. The predicted molar refractivity (Wildman–Crippen MR) is 64.0 cm³/mol. The second kappa shape index (κ2) is 3.82. The van der Waals surface area contributed by atoms with Crippen molar-refractivity contribution in [2.24, 2.45) is 23.2 Å². The lowest BCUT2D eigenvalue weighted by Crippen LogP contribution is -2.54. The van der Waals surface area contributed by atoms with Crippen LogP contribution >= 0.6 is 0 Å². The summed E-state index contributed by atoms with van der Waals surface area (Å²) in [4.78, 5) is 23.9. The summed E-state index contributed by atoms with van der Waals surface area (Å²) in [5.74, 6) is 1.19. The maximum Gasteiger partial charge on any atom is 0.230 e. The second-order valence-electron chi connectivity index (χ2n) is 6.39. The van der Waals surface area contributed by atoms with Crippen LogP contribution in [-0.4, -0.2) is 11.8 Å². The van der Waals surface area contributed by atoms with E-state index >= 15 is 0 Å². The average molecular weight is 235 g/mol. The van der Waals surface area contributed by atoms with Gasteiger partial charge in [0.2, 0.25) is 11.8 Å². The SMILES string of the molecule is CC1(C2CC2)CC(=O)NC(=O)C1C1CCCC1. The molecule has 1 heterocycles. The first-order chi connectivity index (χ1) is 8.11. The van der Waals surface area contributed by atoms with Gasteiger partial charge in [-0.3, -0.25) is 14.9 Å². The van der Waals surface area contributed by atoms with Crippen molar-refractivity contribution in [3.63, 3.8) is 0 Å². The third-order valence-corrected chi connectivity index (χ3v) is 5.18. The lowest BCUT2D eigenvalue weighted by molar-refractivity contribution is -0.146. The Balaban J connectivity index is 1.89. The fourth-order valence-electron chi connectivity index (χ4n) is 4.20.